The van der Waals surface area contributed by atoms with Crippen LogP contribution in [0.2, 0.25) is 0 Å². The zero-order chi connectivity index (χ0) is 14.4. The average molecular weight is 269 g/mol. The van der Waals surface area contributed by atoms with Gasteiger partial charge in [-0.2, -0.15) is 0 Å². The van der Waals surface area contributed by atoms with Gasteiger partial charge in [0.1, 0.15) is 5.75 Å². The molecule has 0 saturated heterocycles. The van der Waals surface area contributed by atoms with Gasteiger partial charge in [0.25, 0.3) is 0 Å². The highest BCUT2D eigenvalue weighted by atomic mass is 16.5. The van der Waals surface area contributed by atoms with Crippen LogP contribution in [0.1, 0.15) is 24.5 Å². The largest absolute Gasteiger partial charge is 0.496 e. The van der Waals surface area contributed by atoms with Gasteiger partial charge in [0.15, 0.2) is 0 Å². The number of methoxy groups -OCH3 is 1. The second kappa shape index (κ2) is 6.99. The summed E-state index contributed by atoms with van der Waals surface area (Å²) in [6.45, 7) is 4.29. The minimum Gasteiger partial charge on any atom is -0.496 e. The van der Waals surface area contributed by atoms with Crippen LogP contribution in [-0.4, -0.2) is 13.2 Å². The first kappa shape index (κ1) is 14.4. The van der Waals surface area contributed by atoms with Crippen LogP contribution in [0, 0.1) is 6.92 Å². The molecule has 2 nitrogen and oxygen atoms in total. The Morgan fingerprint density at radius 2 is 1.85 bits per heavy atom. The normalized spacial score (nSPS) is 11.9. The Kier molecular flexibility index (Phi) is 5.05. The molecule has 1 atom stereocenters. The van der Waals surface area contributed by atoms with Crippen LogP contribution in [-0.2, 0) is 6.42 Å². The second-order valence-electron chi connectivity index (χ2n) is 5.12. The molecule has 1 unspecified atom stereocenters. The van der Waals surface area contributed by atoms with Gasteiger partial charge in [-0.15, -0.1) is 0 Å². The molecule has 0 aliphatic rings. The molecule has 0 fully saturated rings. The SMILES string of the molecule is CCC(Cc1ccccc1)Nc1ccc(OC)c(C)c1. The van der Waals surface area contributed by atoms with Gasteiger partial charge in [-0.1, -0.05) is 37.3 Å². The number of anilines is 1. The Morgan fingerprint density at radius 1 is 1.10 bits per heavy atom. The second-order valence-corrected chi connectivity index (χ2v) is 5.12. The number of nitrogens with one attached hydrogen (secondary N) is 1. The van der Waals surface area contributed by atoms with Crippen molar-refractivity contribution in [2.24, 2.45) is 0 Å². The molecule has 0 bridgehead atoms. The molecule has 0 aliphatic heterocycles. The van der Waals surface area contributed by atoms with Crippen LogP contribution >= 0.6 is 0 Å². The molecule has 106 valence electrons. The zero-order valence-corrected chi connectivity index (χ0v) is 12.5. The summed E-state index contributed by atoms with van der Waals surface area (Å²) in [4.78, 5) is 0. The summed E-state index contributed by atoms with van der Waals surface area (Å²) in [5.74, 6) is 0.937. The van der Waals surface area contributed by atoms with Crippen LogP contribution in [0.4, 0.5) is 5.69 Å². The Balaban J connectivity index is 2.04. The molecule has 2 aromatic carbocycles. The van der Waals surface area contributed by atoms with Crippen LogP contribution in [0.5, 0.6) is 5.75 Å². The third kappa shape index (κ3) is 3.77. The standard InChI is InChI=1S/C18H23NO/c1-4-16(13-15-8-6-5-7-9-15)19-17-10-11-18(20-3)14(2)12-17/h5-12,16,19H,4,13H2,1-3H3. The molecular formula is C18H23NO. The molecule has 0 heterocycles. The molecule has 2 aromatic rings. The van der Waals surface area contributed by atoms with Crippen molar-refractivity contribution in [2.75, 3.05) is 12.4 Å². The lowest BCUT2D eigenvalue weighted by molar-refractivity contribution is 0.412. The van der Waals surface area contributed by atoms with E-state index in [2.05, 4.69) is 61.6 Å². The van der Waals surface area contributed by atoms with Gasteiger partial charge in [0.2, 0.25) is 0 Å². The Hall–Kier alpha value is -1.96. The van der Waals surface area contributed by atoms with E-state index in [1.165, 1.54) is 5.56 Å². The van der Waals surface area contributed by atoms with Gasteiger partial charge in [-0.05, 0) is 49.1 Å². The maximum Gasteiger partial charge on any atom is 0.121 e. The molecule has 0 aromatic heterocycles. The van der Waals surface area contributed by atoms with Gasteiger partial charge in [0, 0.05) is 11.7 Å². The molecule has 0 radical (unpaired) electrons. The molecule has 0 amide bonds. The Morgan fingerprint density at radius 3 is 2.45 bits per heavy atom. The summed E-state index contributed by atoms with van der Waals surface area (Å²) in [5.41, 5.74) is 3.69. The number of benzene rings is 2. The van der Waals surface area contributed by atoms with Crippen LogP contribution in [0.15, 0.2) is 48.5 Å². The van der Waals surface area contributed by atoms with E-state index in [1.807, 2.05) is 6.07 Å². The van der Waals surface area contributed by atoms with E-state index in [0.29, 0.717) is 6.04 Å². The lowest BCUT2D eigenvalue weighted by atomic mass is 10.0. The number of hydrogen-bond acceptors (Lipinski definition) is 2. The van der Waals surface area contributed by atoms with Gasteiger partial charge < -0.3 is 10.1 Å². The number of aryl methyl sites for hydroxylation is 1. The van der Waals surface area contributed by atoms with Crippen molar-refractivity contribution in [1.29, 1.82) is 0 Å². The van der Waals surface area contributed by atoms with E-state index in [1.54, 1.807) is 7.11 Å². The first-order valence-electron chi connectivity index (χ1n) is 7.18. The molecule has 1 N–H and O–H groups in total. The first-order valence-corrected chi connectivity index (χ1v) is 7.18. The average Bonchev–Trinajstić information content (AvgIpc) is 2.48. The monoisotopic (exact) mass is 269 g/mol. The summed E-state index contributed by atoms with van der Waals surface area (Å²) in [6, 6.07) is 17.3. The number of rotatable bonds is 6. The summed E-state index contributed by atoms with van der Waals surface area (Å²) in [7, 11) is 1.71. The topological polar surface area (TPSA) is 21.3 Å². The molecule has 20 heavy (non-hydrogen) atoms. The van der Waals surface area contributed by atoms with Crippen molar-refractivity contribution in [3.63, 3.8) is 0 Å². The number of ether oxygens (including phenoxy) is 1. The van der Waals surface area contributed by atoms with Gasteiger partial charge >= 0.3 is 0 Å². The molecule has 2 rings (SSSR count). The number of hydrogen-bond donors (Lipinski definition) is 1. The third-order valence-corrected chi connectivity index (χ3v) is 3.58. The highest BCUT2D eigenvalue weighted by molar-refractivity contribution is 5.51. The van der Waals surface area contributed by atoms with Crippen LogP contribution < -0.4 is 10.1 Å². The van der Waals surface area contributed by atoms with E-state index < -0.39 is 0 Å². The molecule has 0 spiro atoms. The van der Waals surface area contributed by atoms with Gasteiger partial charge in [-0.25, -0.2) is 0 Å². The maximum absolute atomic E-state index is 5.30. The van der Waals surface area contributed by atoms with Crippen molar-refractivity contribution in [2.45, 2.75) is 32.7 Å². The van der Waals surface area contributed by atoms with Gasteiger partial charge in [0.05, 0.1) is 7.11 Å². The fraction of sp³-hybridized carbons (Fsp3) is 0.333. The highest BCUT2D eigenvalue weighted by Gasteiger charge is 2.08. The van der Waals surface area contributed by atoms with E-state index in [4.69, 9.17) is 4.74 Å². The molecule has 2 heteroatoms. The molecule has 0 aliphatic carbocycles. The lowest BCUT2D eigenvalue weighted by Crippen LogP contribution is -2.21. The predicted molar refractivity (Wildman–Crippen MR) is 85.6 cm³/mol. The van der Waals surface area contributed by atoms with Crippen molar-refractivity contribution < 1.29 is 4.74 Å². The van der Waals surface area contributed by atoms with E-state index in [-0.39, 0.29) is 0 Å². The fourth-order valence-corrected chi connectivity index (χ4v) is 2.40. The molecular weight excluding hydrogens is 246 g/mol. The minimum absolute atomic E-state index is 0.449. The lowest BCUT2D eigenvalue weighted by Gasteiger charge is -2.19. The summed E-state index contributed by atoms with van der Waals surface area (Å²) >= 11 is 0. The Labute approximate surface area is 121 Å². The van der Waals surface area contributed by atoms with E-state index >= 15 is 0 Å². The van der Waals surface area contributed by atoms with Crippen molar-refractivity contribution in [1.82, 2.24) is 0 Å². The zero-order valence-electron chi connectivity index (χ0n) is 12.5. The maximum atomic E-state index is 5.30. The predicted octanol–water partition coefficient (Wildman–Crippen LogP) is 4.44. The van der Waals surface area contributed by atoms with Gasteiger partial charge in [-0.3, -0.25) is 0 Å². The summed E-state index contributed by atoms with van der Waals surface area (Å²) in [6.07, 6.45) is 2.14. The van der Waals surface area contributed by atoms with Crippen molar-refractivity contribution in [3.05, 3.63) is 59.7 Å². The molecule has 0 saturated carbocycles. The van der Waals surface area contributed by atoms with Crippen LogP contribution in [0.3, 0.4) is 0 Å². The van der Waals surface area contributed by atoms with Crippen LogP contribution in [0.25, 0.3) is 0 Å². The van der Waals surface area contributed by atoms with Crippen molar-refractivity contribution in [3.8, 4) is 5.75 Å². The smallest absolute Gasteiger partial charge is 0.121 e. The third-order valence-electron chi connectivity index (χ3n) is 3.58. The highest BCUT2D eigenvalue weighted by Crippen LogP contribution is 2.22. The summed E-state index contributed by atoms with van der Waals surface area (Å²) < 4.78 is 5.30. The minimum atomic E-state index is 0.449. The summed E-state index contributed by atoms with van der Waals surface area (Å²) in [5, 5.41) is 3.61. The fourth-order valence-electron chi connectivity index (χ4n) is 2.40. The van der Waals surface area contributed by atoms with E-state index in [9.17, 15) is 0 Å². The van der Waals surface area contributed by atoms with E-state index in [0.717, 1.165) is 29.8 Å². The quantitative estimate of drug-likeness (QED) is 0.837. The first-order chi connectivity index (χ1) is 9.72. The van der Waals surface area contributed by atoms with Crippen molar-refractivity contribution >= 4 is 5.69 Å². The Bertz CT molecular complexity index is 536.